The molecule has 0 aliphatic heterocycles. The van der Waals surface area contributed by atoms with Gasteiger partial charge in [0.25, 0.3) is 0 Å². The molecular weight excluding hydrogens is 346 g/mol. The lowest BCUT2D eigenvalue weighted by Crippen LogP contribution is -2.42. The zero-order valence-electron chi connectivity index (χ0n) is 10.7. The first-order chi connectivity index (χ1) is 9.49. The zero-order chi connectivity index (χ0) is 14.7. The van der Waals surface area contributed by atoms with Crippen LogP contribution in [0.15, 0.2) is 22.7 Å². The van der Waals surface area contributed by atoms with Gasteiger partial charge in [0.05, 0.1) is 5.02 Å². The first-order valence-corrected chi connectivity index (χ1v) is 7.63. The molecule has 1 aromatic rings. The third kappa shape index (κ3) is 3.52. The van der Waals surface area contributed by atoms with Gasteiger partial charge in [-0.3, -0.25) is 4.79 Å². The van der Waals surface area contributed by atoms with Gasteiger partial charge in [0.1, 0.15) is 0 Å². The fraction of sp³-hybridized carbons (Fsp3) is 0.429. The SMILES string of the molecule is O=C(Nc1ccc(Br)c(Cl)c1)[C@H]1CCCC[C@H]1C(=O)[O-]. The maximum Gasteiger partial charge on any atom is 0.228 e. The van der Waals surface area contributed by atoms with Gasteiger partial charge in [-0.15, -0.1) is 0 Å². The summed E-state index contributed by atoms with van der Waals surface area (Å²) in [6.07, 6.45) is 2.77. The molecule has 0 heterocycles. The van der Waals surface area contributed by atoms with Crippen molar-refractivity contribution >= 4 is 45.1 Å². The van der Waals surface area contributed by atoms with Crippen molar-refractivity contribution in [3.8, 4) is 0 Å². The molecule has 0 radical (unpaired) electrons. The summed E-state index contributed by atoms with van der Waals surface area (Å²) >= 11 is 9.23. The fourth-order valence-electron chi connectivity index (χ4n) is 2.54. The predicted molar refractivity (Wildman–Crippen MR) is 78.2 cm³/mol. The molecule has 2 rings (SSSR count). The Hall–Kier alpha value is -1.07. The monoisotopic (exact) mass is 358 g/mol. The second-order valence-corrected chi connectivity index (χ2v) is 6.20. The Morgan fingerprint density at radius 1 is 1.25 bits per heavy atom. The summed E-state index contributed by atoms with van der Waals surface area (Å²) < 4.78 is 0.738. The number of carboxylic acids is 1. The summed E-state index contributed by atoms with van der Waals surface area (Å²) in [6, 6.07) is 5.07. The quantitative estimate of drug-likeness (QED) is 0.902. The van der Waals surface area contributed by atoms with E-state index in [1.54, 1.807) is 18.2 Å². The van der Waals surface area contributed by atoms with Crippen LogP contribution in [0.3, 0.4) is 0 Å². The van der Waals surface area contributed by atoms with E-state index in [4.69, 9.17) is 11.6 Å². The largest absolute Gasteiger partial charge is 0.550 e. The van der Waals surface area contributed by atoms with Crippen LogP contribution >= 0.6 is 27.5 Å². The second kappa shape index (κ2) is 6.59. The normalized spacial score (nSPS) is 22.3. The Kier molecular flexibility index (Phi) is 5.05. The lowest BCUT2D eigenvalue weighted by atomic mass is 9.78. The number of hydrogen-bond acceptors (Lipinski definition) is 3. The number of hydrogen-bond donors (Lipinski definition) is 1. The number of carbonyl (C=O) groups is 2. The molecule has 0 unspecified atom stereocenters. The fourth-order valence-corrected chi connectivity index (χ4v) is 2.96. The first kappa shape index (κ1) is 15.3. The minimum Gasteiger partial charge on any atom is -0.550 e. The highest BCUT2D eigenvalue weighted by molar-refractivity contribution is 9.10. The van der Waals surface area contributed by atoms with Crippen LogP contribution in [0.2, 0.25) is 5.02 Å². The molecule has 1 fully saturated rings. The molecule has 0 aromatic heterocycles. The van der Waals surface area contributed by atoms with Gasteiger partial charge < -0.3 is 15.2 Å². The number of benzene rings is 1. The minimum atomic E-state index is -1.14. The maximum absolute atomic E-state index is 12.2. The highest BCUT2D eigenvalue weighted by atomic mass is 79.9. The van der Waals surface area contributed by atoms with E-state index >= 15 is 0 Å². The maximum atomic E-state index is 12.2. The summed E-state index contributed by atoms with van der Waals surface area (Å²) in [5, 5.41) is 14.3. The Bertz CT molecular complexity index is 535. The van der Waals surface area contributed by atoms with Crippen LogP contribution < -0.4 is 10.4 Å². The number of halogens is 2. The number of carbonyl (C=O) groups excluding carboxylic acids is 2. The Balaban J connectivity index is 2.09. The average Bonchev–Trinajstić information content (AvgIpc) is 2.43. The molecule has 1 aromatic carbocycles. The molecule has 6 heteroatoms. The minimum absolute atomic E-state index is 0.280. The van der Waals surface area contributed by atoms with E-state index < -0.39 is 17.8 Å². The molecule has 0 spiro atoms. The van der Waals surface area contributed by atoms with Gasteiger partial charge in [-0.2, -0.15) is 0 Å². The van der Waals surface area contributed by atoms with Crippen molar-refractivity contribution in [2.45, 2.75) is 25.7 Å². The number of anilines is 1. The highest BCUT2D eigenvalue weighted by Gasteiger charge is 2.31. The first-order valence-electron chi connectivity index (χ1n) is 6.46. The molecule has 1 N–H and O–H groups in total. The van der Waals surface area contributed by atoms with Crippen molar-refractivity contribution < 1.29 is 14.7 Å². The lowest BCUT2D eigenvalue weighted by Gasteiger charge is -2.31. The summed E-state index contributed by atoms with van der Waals surface area (Å²) in [6.45, 7) is 0. The molecule has 1 aliphatic carbocycles. The van der Waals surface area contributed by atoms with Crippen LogP contribution in [-0.4, -0.2) is 11.9 Å². The van der Waals surface area contributed by atoms with Crippen molar-refractivity contribution in [1.29, 1.82) is 0 Å². The third-order valence-corrected chi connectivity index (χ3v) is 4.83. The topological polar surface area (TPSA) is 69.2 Å². The van der Waals surface area contributed by atoms with E-state index in [1.165, 1.54) is 0 Å². The Morgan fingerprint density at radius 2 is 1.90 bits per heavy atom. The van der Waals surface area contributed by atoms with Gasteiger partial charge in [-0.25, -0.2) is 0 Å². The van der Waals surface area contributed by atoms with Crippen molar-refractivity contribution in [3.63, 3.8) is 0 Å². The average molecular weight is 360 g/mol. The van der Waals surface area contributed by atoms with E-state index in [0.29, 0.717) is 23.6 Å². The summed E-state index contributed by atoms with van der Waals surface area (Å²) in [5.74, 6) is -2.65. The molecule has 0 saturated heterocycles. The van der Waals surface area contributed by atoms with E-state index in [-0.39, 0.29) is 5.91 Å². The van der Waals surface area contributed by atoms with Gasteiger partial charge in [-0.05, 0) is 47.0 Å². The van der Waals surface area contributed by atoms with Crippen LogP contribution in [0.1, 0.15) is 25.7 Å². The van der Waals surface area contributed by atoms with Gasteiger partial charge in [-0.1, -0.05) is 24.4 Å². The molecule has 1 aliphatic rings. The predicted octanol–water partition coefficient (Wildman–Crippen LogP) is 2.60. The molecular formula is C14H14BrClNO3-. The molecule has 108 valence electrons. The number of carboxylic acid groups (broad SMARTS) is 1. The van der Waals surface area contributed by atoms with Gasteiger partial charge >= 0.3 is 0 Å². The molecule has 20 heavy (non-hydrogen) atoms. The number of aliphatic carboxylic acids is 1. The lowest BCUT2D eigenvalue weighted by molar-refractivity contribution is -0.313. The van der Waals surface area contributed by atoms with Crippen LogP contribution in [0.5, 0.6) is 0 Å². The number of rotatable bonds is 3. The number of nitrogens with one attached hydrogen (secondary N) is 1. The molecule has 1 saturated carbocycles. The van der Waals surface area contributed by atoms with Gasteiger partial charge in [0, 0.05) is 28.0 Å². The van der Waals surface area contributed by atoms with E-state index in [9.17, 15) is 14.7 Å². The molecule has 4 nitrogen and oxygen atoms in total. The van der Waals surface area contributed by atoms with Gasteiger partial charge in [0.15, 0.2) is 0 Å². The van der Waals surface area contributed by atoms with Crippen molar-refractivity contribution in [2.75, 3.05) is 5.32 Å². The van der Waals surface area contributed by atoms with Crippen LogP contribution in [0.4, 0.5) is 5.69 Å². The van der Waals surface area contributed by atoms with Crippen molar-refractivity contribution in [1.82, 2.24) is 0 Å². The second-order valence-electron chi connectivity index (χ2n) is 4.93. The molecule has 2 atom stereocenters. The van der Waals surface area contributed by atoms with E-state index in [1.807, 2.05) is 0 Å². The third-order valence-electron chi connectivity index (χ3n) is 3.59. The summed E-state index contributed by atoms with van der Waals surface area (Å²) in [4.78, 5) is 23.3. The number of amides is 1. The molecule has 1 amide bonds. The summed E-state index contributed by atoms with van der Waals surface area (Å²) in [7, 11) is 0. The van der Waals surface area contributed by atoms with Gasteiger partial charge in [0.2, 0.25) is 5.91 Å². The standard InChI is InChI=1S/C14H15BrClNO3/c15-11-6-5-8(7-12(11)16)17-13(18)9-3-1-2-4-10(9)14(19)20/h5-7,9-10H,1-4H2,(H,17,18)(H,19,20)/p-1/t9-,10+/m0/s1. The van der Waals surface area contributed by atoms with E-state index in [0.717, 1.165) is 17.3 Å². The van der Waals surface area contributed by atoms with E-state index in [2.05, 4.69) is 21.2 Å². The Labute approximate surface area is 130 Å². The summed E-state index contributed by atoms with van der Waals surface area (Å²) in [5.41, 5.74) is 0.561. The van der Waals surface area contributed by atoms with Crippen LogP contribution in [0.25, 0.3) is 0 Å². The van der Waals surface area contributed by atoms with Crippen molar-refractivity contribution in [3.05, 3.63) is 27.7 Å². The highest BCUT2D eigenvalue weighted by Crippen LogP contribution is 2.31. The zero-order valence-corrected chi connectivity index (χ0v) is 13.0. The van der Waals surface area contributed by atoms with Crippen molar-refractivity contribution in [2.24, 2.45) is 11.8 Å². The molecule has 0 bridgehead atoms. The van der Waals surface area contributed by atoms with Crippen LogP contribution in [0, 0.1) is 11.8 Å². The van der Waals surface area contributed by atoms with Crippen LogP contribution in [-0.2, 0) is 9.59 Å². The Morgan fingerprint density at radius 3 is 2.50 bits per heavy atom. The smallest absolute Gasteiger partial charge is 0.228 e.